The Balaban J connectivity index is 2.36. The predicted octanol–water partition coefficient (Wildman–Crippen LogP) is 3.01. The number of benzene rings is 1. The minimum absolute atomic E-state index is 1.01. The lowest BCUT2D eigenvalue weighted by atomic mass is 9.99. The van der Waals surface area contributed by atoms with Crippen LogP contribution in [0.15, 0.2) is 36.8 Å². The summed E-state index contributed by atoms with van der Waals surface area (Å²) in [5.74, 6) is 1.01. The third-order valence-electron chi connectivity index (χ3n) is 3.54. The van der Waals surface area contributed by atoms with Crippen LogP contribution in [0, 0.1) is 6.92 Å². The molecule has 0 saturated heterocycles. The molecular weight excluding hydrogens is 248 g/mol. The van der Waals surface area contributed by atoms with Crippen molar-refractivity contribution in [2.75, 3.05) is 19.0 Å². The van der Waals surface area contributed by atoms with Crippen molar-refractivity contribution in [2.45, 2.75) is 6.92 Å². The van der Waals surface area contributed by atoms with Gasteiger partial charge in [0.05, 0.1) is 6.20 Å². The maximum absolute atomic E-state index is 4.64. The highest BCUT2D eigenvalue weighted by Gasteiger charge is 2.13. The molecule has 0 radical (unpaired) electrons. The molecule has 20 heavy (non-hydrogen) atoms. The van der Waals surface area contributed by atoms with Crippen molar-refractivity contribution in [3.05, 3.63) is 42.4 Å². The van der Waals surface area contributed by atoms with Crippen LogP contribution < -0.4 is 4.90 Å². The molecule has 2 aromatic heterocycles. The van der Waals surface area contributed by atoms with Crippen molar-refractivity contribution >= 4 is 16.6 Å². The van der Waals surface area contributed by atoms with E-state index < -0.39 is 0 Å². The number of hydrogen-bond donors (Lipinski definition) is 0. The molecule has 3 aromatic rings. The van der Waals surface area contributed by atoms with Crippen LogP contribution in [-0.4, -0.2) is 28.9 Å². The third-order valence-corrected chi connectivity index (χ3v) is 3.54. The molecule has 0 fully saturated rings. The average molecular weight is 266 g/mol. The summed E-state index contributed by atoms with van der Waals surface area (Å²) in [4.78, 5) is 6.70. The molecule has 0 saturated carbocycles. The first-order valence-corrected chi connectivity index (χ1v) is 6.62. The van der Waals surface area contributed by atoms with E-state index in [0.29, 0.717) is 0 Å². The summed E-state index contributed by atoms with van der Waals surface area (Å²) in [5.41, 5.74) is 3.47. The molecule has 1 aromatic carbocycles. The van der Waals surface area contributed by atoms with Gasteiger partial charge in [-0.1, -0.05) is 18.2 Å². The van der Waals surface area contributed by atoms with Gasteiger partial charge in [0.1, 0.15) is 5.82 Å². The number of aromatic nitrogens is 3. The molecule has 2 heterocycles. The van der Waals surface area contributed by atoms with Crippen LogP contribution in [-0.2, 0) is 7.05 Å². The molecule has 0 aliphatic heterocycles. The van der Waals surface area contributed by atoms with E-state index >= 15 is 0 Å². The zero-order valence-electron chi connectivity index (χ0n) is 12.3. The monoisotopic (exact) mass is 266 g/mol. The topological polar surface area (TPSA) is 34.0 Å². The lowest BCUT2D eigenvalue weighted by molar-refractivity contribution is 0.768. The van der Waals surface area contributed by atoms with Gasteiger partial charge in [0.2, 0.25) is 0 Å². The van der Waals surface area contributed by atoms with Crippen molar-refractivity contribution in [1.82, 2.24) is 14.8 Å². The van der Waals surface area contributed by atoms with Crippen LogP contribution in [0.25, 0.3) is 21.9 Å². The molecule has 0 aliphatic rings. The highest BCUT2D eigenvalue weighted by Crippen LogP contribution is 2.34. The number of aryl methyl sites for hydroxylation is 2. The van der Waals surface area contributed by atoms with E-state index in [-0.39, 0.29) is 0 Å². The molecule has 0 amide bonds. The van der Waals surface area contributed by atoms with E-state index in [4.69, 9.17) is 0 Å². The van der Waals surface area contributed by atoms with Gasteiger partial charge in [-0.25, -0.2) is 4.98 Å². The summed E-state index contributed by atoms with van der Waals surface area (Å²) in [6.07, 6.45) is 5.84. The molecule has 4 heteroatoms. The van der Waals surface area contributed by atoms with E-state index in [1.54, 1.807) is 0 Å². The Kier molecular flexibility index (Phi) is 2.93. The number of anilines is 1. The number of rotatable bonds is 2. The number of hydrogen-bond acceptors (Lipinski definition) is 3. The average Bonchev–Trinajstić information content (AvgIpc) is 2.84. The highest BCUT2D eigenvalue weighted by molar-refractivity contribution is 6.03. The second kappa shape index (κ2) is 4.63. The van der Waals surface area contributed by atoms with E-state index in [1.165, 1.54) is 16.3 Å². The summed E-state index contributed by atoms with van der Waals surface area (Å²) in [5, 5.41) is 6.68. The van der Waals surface area contributed by atoms with Crippen LogP contribution in [0.4, 0.5) is 5.82 Å². The zero-order chi connectivity index (χ0) is 14.3. The second-order valence-electron chi connectivity index (χ2n) is 5.29. The van der Waals surface area contributed by atoms with E-state index in [0.717, 1.165) is 16.9 Å². The first-order chi connectivity index (χ1) is 9.58. The Morgan fingerprint density at radius 3 is 2.60 bits per heavy atom. The first-order valence-electron chi connectivity index (χ1n) is 6.62. The van der Waals surface area contributed by atoms with Crippen molar-refractivity contribution in [3.63, 3.8) is 0 Å². The quantitative estimate of drug-likeness (QED) is 0.715. The fraction of sp³-hybridized carbons (Fsp3) is 0.250. The molecule has 102 valence electrons. The van der Waals surface area contributed by atoms with Gasteiger partial charge in [0.25, 0.3) is 0 Å². The fourth-order valence-electron chi connectivity index (χ4n) is 2.58. The van der Waals surface area contributed by atoms with Crippen molar-refractivity contribution in [3.8, 4) is 11.1 Å². The third kappa shape index (κ3) is 1.93. The van der Waals surface area contributed by atoms with E-state index in [1.807, 2.05) is 44.4 Å². The molecule has 0 atom stereocenters. The molecule has 4 nitrogen and oxygen atoms in total. The Morgan fingerprint density at radius 1 is 1.15 bits per heavy atom. The molecular formula is C16H18N4. The minimum atomic E-state index is 1.01. The maximum atomic E-state index is 4.64. The summed E-state index contributed by atoms with van der Waals surface area (Å²) >= 11 is 0. The van der Waals surface area contributed by atoms with Gasteiger partial charge < -0.3 is 4.90 Å². The summed E-state index contributed by atoms with van der Waals surface area (Å²) < 4.78 is 1.82. The number of nitrogens with zero attached hydrogens (tertiary/aromatic N) is 4. The largest absolute Gasteiger partial charge is 0.362 e. The van der Waals surface area contributed by atoms with Gasteiger partial charge in [-0.3, -0.25) is 4.68 Å². The summed E-state index contributed by atoms with van der Waals surface area (Å²) in [6, 6.07) is 6.38. The Labute approximate surface area is 118 Å². The van der Waals surface area contributed by atoms with Crippen LogP contribution in [0.2, 0.25) is 0 Å². The molecule has 0 unspecified atom stereocenters. The SMILES string of the molecule is Cc1cccc2c(-c3cnn(C)c3)cnc(N(C)C)c12. The Bertz CT molecular complexity index is 771. The highest BCUT2D eigenvalue weighted by atomic mass is 15.2. The van der Waals surface area contributed by atoms with Gasteiger partial charge in [-0.15, -0.1) is 0 Å². The Morgan fingerprint density at radius 2 is 1.95 bits per heavy atom. The van der Waals surface area contributed by atoms with E-state index in [9.17, 15) is 0 Å². The van der Waals surface area contributed by atoms with Gasteiger partial charge in [-0.05, 0) is 17.9 Å². The maximum Gasteiger partial charge on any atom is 0.136 e. The zero-order valence-corrected chi connectivity index (χ0v) is 12.3. The standard InChI is InChI=1S/C16H18N4/c1-11-6-5-7-13-14(12-8-18-20(4)10-12)9-17-16(15(11)13)19(2)3/h5-10H,1-4H3. The van der Waals surface area contributed by atoms with Crippen LogP contribution >= 0.6 is 0 Å². The van der Waals surface area contributed by atoms with Gasteiger partial charge >= 0.3 is 0 Å². The van der Waals surface area contributed by atoms with Crippen LogP contribution in [0.1, 0.15) is 5.56 Å². The van der Waals surface area contributed by atoms with Crippen molar-refractivity contribution in [1.29, 1.82) is 0 Å². The lowest BCUT2D eigenvalue weighted by Crippen LogP contribution is -2.11. The summed E-state index contributed by atoms with van der Waals surface area (Å²) in [7, 11) is 5.98. The van der Waals surface area contributed by atoms with Crippen LogP contribution in [0.3, 0.4) is 0 Å². The molecule has 0 spiro atoms. The lowest BCUT2D eigenvalue weighted by Gasteiger charge is -2.17. The number of fused-ring (bicyclic) bond motifs is 1. The Hall–Kier alpha value is -2.36. The number of pyridine rings is 1. The first kappa shape index (κ1) is 12.7. The van der Waals surface area contributed by atoms with E-state index in [2.05, 4.69) is 40.1 Å². The summed E-state index contributed by atoms with van der Waals surface area (Å²) in [6.45, 7) is 2.13. The molecule has 0 aliphatic carbocycles. The molecule has 0 bridgehead atoms. The molecule has 3 rings (SSSR count). The van der Waals surface area contributed by atoms with Gasteiger partial charge in [-0.2, -0.15) is 5.10 Å². The fourth-order valence-corrected chi connectivity index (χ4v) is 2.58. The molecule has 0 N–H and O–H groups in total. The minimum Gasteiger partial charge on any atom is -0.362 e. The predicted molar refractivity (Wildman–Crippen MR) is 83.0 cm³/mol. The van der Waals surface area contributed by atoms with Crippen LogP contribution in [0.5, 0.6) is 0 Å². The normalized spacial score (nSPS) is 11.0. The smallest absolute Gasteiger partial charge is 0.136 e. The van der Waals surface area contributed by atoms with Gasteiger partial charge in [0.15, 0.2) is 0 Å². The van der Waals surface area contributed by atoms with Crippen molar-refractivity contribution < 1.29 is 0 Å². The second-order valence-corrected chi connectivity index (χ2v) is 5.29. The van der Waals surface area contributed by atoms with Crippen molar-refractivity contribution in [2.24, 2.45) is 7.05 Å². The van der Waals surface area contributed by atoms with Gasteiger partial charge in [0, 0.05) is 50.0 Å².